The number of pyridine rings is 1. The van der Waals surface area contributed by atoms with E-state index in [1.165, 1.54) is 6.07 Å². The van der Waals surface area contributed by atoms with E-state index < -0.39 is 0 Å². The molecule has 5 nitrogen and oxygen atoms in total. The van der Waals surface area contributed by atoms with Crippen LogP contribution in [0.5, 0.6) is 0 Å². The molecular formula is C13H21N3O2. The van der Waals surface area contributed by atoms with Crippen LogP contribution in [-0.4, -0.2) is 16.0 Å². The zero-order valence-corrected chi connectivity index (χ0v) is 11.2. The van der Waals surface area contributed by atoms with Crippen molar-refractivity contribution in [2.45, 2.75) is 45.7 Å². The summed E-state index contributed by atoms with van der Waals surface area (Å²) in [5.74, 6) is -0.0881. The molecule has 0 atom stereocenters. The van der Waals surface area contributed by atoms with Crippen LogP contribution >= 0.6 is 0 Å². The van der Waals surface area contributed by atoms with Crippen molar-refractivity contribution in [3.8, 4) is 0 Å². The molecule has 1 aromatic heterocycles. The van der Waals surface area contributed by atoms with Crippen LogP contribution in [0.25, 0.3) is 0 Å². The number of rotatable bonds is 5. The number of hydrogen-bond acceptors (Lipinski definition) is 3. The lowest BCUT2D eigenvalue weighted by atomic mass is 10.00. The number of hydrogen-bond donors (Lipinski definition) is 2. The Hall–Kier alpha value is -1.62. The van der Waals surface area contributed by atoms with Gasteiger partial charge in [0.25, 0.3) is 5.56 Å². The molecule has 0 spiro atoms. The normalized spacial score (nSPS) is 11.3. The molecule has 0 fully saturated rings. The summed E-state index contributed by atoms with van der Waals surface area (Å²) in [5, 5.41) is 2.76. The summed E-state index contributed by atoms with van der Waals surface area (Å²) in [5.41, 5.74) is 6.03. The summed E-state index contributed by atoms with van der Waals surface area (Å²) in [6, 6.07) is 3.06. The molecule has 0 aromatic carbocycles. The maximum absolute atomic E-state index is 11.7. The Morgan fingerprint density at radius 2 is 2.11 bits per heavy atom. The SMILES string of the molecule is CCn1cc(NC(=O)CCC(C)(C)N)ccc1=O. The molecule has 0 radical (unpaired) electrons. The van der Waals surface area contributed by atoms with Gasteiger partial charge in [-0.2, -0.15) is 0 Å². The fourth-order valence-corrected chi connectivity index (χ4v) is 1.51. The minimum atomic E-state index is -0.348. The van der Waals surface area contributed by atoms with Crippen LogP contribution in [0.2, 0.25) is 0 Å². The van der Waals surface area contributed by atoms with Crippen LogP contribution in [0, 0.1) is 0 Å². The van der Waals surface area contributed by atoms with Crippen molar-refractivity contribution < 1.29 is 4.79 Å². The molecule has 3 N–H and O–H groups in total. The monoisotopic (exact) mass is 251 g/mol. The number of nitrogens with zero attached hydrogens (tertiary/aromatic N) is 1. The zero-order chi connectivity index (χ0) is 13.8. The van der Waals surface area contributed by atoms with Crippen LogP contribution < -0.4 is 16.6 Å². The molecule has 0 aliphatic heterocycles. The number of carbonyl (C=O) groups is 1. The number of aryl methyl sites for hydroxylation is 1. The summed E-state index contributed by atoms with van der Waals surface area (Å²) in [7, 11) is 0. The minimum absolute atomic E-state index is 0.0707. The number of amides is 1. The summed E-state index contributed by atoms with van der Waals surface area (Å²) in [4.78, 5) is 23.1. The van der Waals surface area contributed by atoms with Gasteiger partial charge in [-0.05, 0) is 33.3 Å². The lowest BCUT2D eigenvalue weighted by Gasteiger charge is -2.17. The quantitative estimate of drug-likeness (QED) is 0.828. The first-order valence-corrected chi connectivity index (χ1v) is 6.11. The Morgan fingerprint density at radius 1 is 1.44 bits per heavy atom. The number of nitrogens with one attached hydrogen (secondary N) is 1. The Balaban J connectivity index is 2.62. The molecule has 0 aliphatic carbocycles. The molecule has 5 heteroatoms. The summed E-state index contributed by atoms with van der Waals surface area (Å²) in [6.07, 6.45) is 2.63. The summed E-state index contributed by atoms with van der Waals surface area (Å²) in [6.45, 7) is 6.23. The molecule has 1 heterocycles. The smallest absolute Gasteiger partial charge is 0.250 e. The zero-order valence-electron chi connectivity index (χ0n) is 11.2. The summed E-state index contributed by atoms with van der Waals surface area (Å²) < 4.78 is 1.54. The predicted molar refractivity (Wildman–Crippen MR) is 72.5 cm³/mol. The highest BCUT2D eigenvalue weighted by Crippen LogP contribution is 2.09. The van der Waals surface area contributed by atoms with Gasteiger partial charge in [0.2, 0.25) is 5.91 Å². The van der Waals surface area contributed by atoms with Gasteiger partial charge in [0, 0.05) is 30.8 Å². The molecule has 1 aromatic rings. The van der Waals surface area contributed by atoms with Crippen molar-refractivity contribution in [2.24, 2.45) is 5.73 Å². The second-order valence-corrected chi connectivity index (χ2v) is 5.08. The minimum Gasteiger partial charge on any atom is -0.326 e. The van der Waals surface area contributed by atoms with Crippen molar-refractivity contribution in [2.75, 3.05) is 5.32 Å². The van der Waals surface area contributed by atoms with Crippen LogP contribution in [0.15, 0.2) is 23.1 Å². The van der Waals surface area contributed by atoms with E-state index in [1.54, 1.807) is 16.8 Å². The Kier molecular flexibility index (Phi) is 4.67. The van der Waals surface area contributed by atoms with Crippen LogP contribution in [0.1, 0.15) is 33.6 Å². The highest BCUT2D eigenvalue weighted by molar-refractivity contribution is 5.90. The average molecular weight is 251 g/mol. The number of carbonyl (C=O) groups excluding carboxylic acids is 1. The second kappa shape index (κ2) is 5.82. The van der Waals surface area contributed by atoms with E-state index in [1.807, 2.05) is 20.8 Å². The van der Waals surface area contributed by atoms with Crippen molar-refractivity contribution in [3.05, 3.63) is 28.7 Å². The van der Waals surface area contributed by atoms with Crippen LogP contribution in [0.3, 0.4) is 0 Å². The van der Waals surface area contributed by atoms with Crippen molar-refractivity contribution in [1.82, 2.24) is 4.57 Å². The fourth-order valence-electron chi connectivity index (χ4n) is 1.51. The molecule has 1 amide bonds. The highest BCUT2D eigenvalue weighted by atomic mass is 16.1. The molecule has 0 saturated carbocycles. The van der Waals surface area contributed by atoms with Crippen molar-refractivity contribution in [3.63, 3.8) is 0 Å². The van der Waals surface area contributed by atoms with Gasteiger partial charge in [-0.15, -0.1) is 0 Å². The molecule has 1 rings (SSSR count). The largest absolute Gasteiger partial charge is 0.326 e. The van der Waals surface area contributed by atoms with Gasteiger partial charge in [-0.1, -0.05) is 0 Å². The second-order valence-electron chi connectivity index (χ2n) is 5.08. The third-order valence-corrected chi connectivity index (χ3v) is 2.60. The fraction of sp³-hybridized carbons (Fsp3) is 0.538. The van der Waals surface area contributed by atoms with E-state index in [-0.39, 0.29) is 17.0 Å². The molecular weight excluding hydrogens is 230 g/mol. The maximum Gasteiger partial charge on any atom is 0.250 e. The van der Waals surface area contributed by atoms with Gasteiger partial charge in [-0.3, -0.25) is 9.59 Å². The first-order valence-electron chi connectivity index (χ1n) is 6.11. The average Bonchev–Trinajstić information content (AvgIpc) is 2.28. The third kappa shape index (κ3) is 4.71. The van der Waals surface area contributed by atoms with Crippen molar-refractivity contribution >= 4 is 11.6 Å². The van der Waals surface area contributed by atoms with Crippen LogP contribution in [0.4, 0.5) is 5.69 Å². The lowest BCUT2D eigenvalue weighted by Crippen LogP contribution is -2.33. The lowest BCUT2D eigenvalue weighted by molar-refractivity contribution is -0.116. The third-order valence-electron chi connectivity index (χ3n) is 2.60. The van der Waals surface area contributed by atoms with E-state index in [2.05, 4.69) is 5.32 Å². The van der Waals surface area contributed by atoms with E-state index in [0.29, 0.717) is 25.1 Å². The highest BCUT2D eigenvalue weighted by Gasteiger charge is 2.13. The predicted octanol–water partition coefficient (Wildman–Crippen LogP) is 1.32. The molecule has 18 heavy (non-hydrogen) atoms. The molecule has 0 bridgehead atoms. The van der Waals surface area contributed by atoms with E-state index in [0.717, 1.165) is 0 Å². The number of aromatic nitrogens is 1. The number of anilines is 1. The van der Waals surface area contributed by atoms with Gasteiger partial charge >= 0.3 is 0 Å². The molecule has 100 valence electrons. The van der Waals surface area contributed by atoms with Gasteiger partial charge in [-0.25, -0.2) is 0 Å². The van der Waals surface area contributed by atoms with Crippen molar-refractivity contribution in [1.29, 1.82) is 0 Å². The first kappa shape index (κ1) is 14.4. The van der Waals surface area contributed by atoms with Gasteiger partial charge in [0.05, 0.1) is 5.69 Å². The maximum atomic E-state index is 11.7. The Labute approximate surface area is 107 Å². The van der Waals surface area contributed by atoms with Gasteiger partial charge in [0.15, 0.2) is 0 Å². The summed E-state index contributed by atoms with van der Waals surface area (Å²) >= 11 is 0. The topological polar surface area (TPSA) is 77.1 Å². The molecule has 0 aliphatic rings. The van der Waals surface area contributed by atoms with Crippen LogP contribution in [-0.2, 0) is 11.3 Å². The van der Waals surface area contributed by atoms with Gasteiger partial charge < -0.3 is 15.6 Å². The first-order chi connectivity index (χ1) is 8.31. The van der Waals surface area contributed by atoms with E-state index in [4.69, 9.17) is 5.73 Å². The van der Waals surface area contributed by atoms with E-state index in [9.17, 15) is 9.59 Å². The molecule has 0 unspecified atom stereocenters. The molecule has 0 saturated heterocycles. The van der Waals surface area contributed by atoms with Gasteiger partial charge in [0.1, 0.15) is 0 Å². The Bertz CT molecular complexity index is 472. The standard InChI is InChI=1S/C13H21N3O2/c1-4-16-9-10(5-6-12(16)18)15-11(17)7-8-13(2,3)14/h5-6,9H,4,7-8,14H2,1-3H3,(H,15,17). The Morgan fingerprint density at radius 3 is 2.67 bits per heavy atom. The number of nitrogens with two attached hydrogens (primary N) is 1. The van der Waals surface area contributed by atoms with E-state index >= 15 is 0 Å².